The Hall–Kier alpha value is -0.430. The molecule has 94 valence electrons. The number of carbonyl (C=O) groups excluding carboxylic acids is 1. The van der Waals surface area contributed by atoms with E-state index in [4.69, 9.17) is 4.74 Å². The zero-order valence-corrected chi connectivity index (χ0v) is 12.0. The van der Waals surface area contributed by atoms with Crippen LogP contribution >= 0.6 is 27.3 Å². The van der Waals surface area contributed by atoms with Gasteiger partial charge in [-0.3, -0.25) is 4.90 Å². The third kappa shape index (κ3) is 2.88. The number of piperazine rings is 1. The first-order valence-corrected chi connectivity index (χ1v) is 7.17. The molecule has 4 nitrogen and oxygen atoms in total. The smallest absolute Gasteiger partial charge is 0.328 e. The molecule has 1 aliphatic rings. The molecular weight excluding hydrogens is 304 g/mol. The fraction of sp³-hybridized carbons (Fsp3) is 0.545. The van der Waals surface area contributed by atoms with Crippen molar-refractivity contribution in [3.63, 3.8) is 0 Å². The molecule has 1 saturated heterocycles. The molecule has 0 amide bonds. The highest BCUT2D eigenvalue weighted by atomic mass is 79.9. The second kappa shape index (κ2) is 5.95. The summed E-state index contributed by atoms with van der Waals surface area (Å²) >= 11 is 5.08. The summed E-state index contributed by atoms with van der Waals surface area (Å²) in [5, 5.41) is 5.27. The van der Waals surface area contributed by atoms with Crippen molar-refractivity contribution < 1.29 is 9.53 Å². The minimum Gasteiger partial charge on any atom is -0.468 e. The van der Waals surface area contributed by atoms with Crippen molar-refractivity contribution in [3.05, 3.63) is 20.8 Å². The molecule has 2 rings (SSSR count). The van der Waals surface area contributed by atoms with Crippen LogP contribution in [0.5, 0.6) is 0 Å². The van der Waals surface area contributed by atoms with Gasteiger partial charge in [0.15, 0.2) is 0 Å². The second-order valence-electron chi connectivity index (χ2n) is 3.84. The van der Waals surface area contributed by atoms with E-state index in [-0.39, 0.29) is 12.0 Å². The molecule has 0 bridgehead atoms. The molecule has 0 radical (unpaired) electrons. The number of halogens is 1. The van der Waals surface area contributed by atoms with Crippen molar-refractivity contribution in [2.24, 2.45) is 0 Å². The summed E-state index contributed by atoms with van der Waals surface area (Å²) < 4.78 is 5.91. The molecule has 1 N–H and O–H groups in total. The monoisotopic (exact) mass is 318 g/mol. The van der Waals surface area contributed by atoms with Crippen molar-refractivity contribution >= 4 is 33.2 Å². The molecule has 1 aliphatic heterocycles. The van der Waals surface area contributed by atoms with Gasteiger partial charge in [-0.25, -0.2) is 4.79 Å². The molecule has 6 heteroatoms. The van der Waals surface area contributed by atoms with Crippen molar-refractivity contribution in [3.8, 4) is 0 Å². The Kier molecular flexibility index (Phi) is 4.55. The molecule has 1 aromatic heterocycles. The summed E-state index contributed by atoms with van der Waals surface area (Å²) in [5.41, 5.74) is 0. The Balaban J connectivity index is 2.24. The van der Waals surface area contributed by atoms with E-state index in [1.54, 1.807) is 11.3 Å². The first-order chi connectivity index (χ1) is 8.24. The lowest BCUT2D eigenvalue weighted by molar-refractivity contribution is -0.147. The van der Waals surface area contributed by atoms with Crippen LogP contribution in [0.25, 0.3) is 0 Å². The third-order valence-corrected chi connectivity index (χ3v) is 4.76. The summed E-state index contributed by atoms with van der Waals surface area (Å²) in [6.07, 6.45) is 0. The van der Waals surface area contributed by atoms with E-state index < -0.39 is 0 Å². The number of carbonyl (C=O) groups is 1. The highest BCUT2D eigenvalue weighted by Crippen LogP contribution is 2.33. The normalized spacial score (nSPS) is 18.9. The minimum atomic E-state index is -0.281. The lowest BCUT2D eigenvalue weighted by Gasteiger charge is -2.32. The molecule has 0 aromatic carbocycles. The second-order valence-corrected chi connectivity index (χ2v) is 5.65. The van der Waals surface area contributed by atoms with Crippen LogP contribution in [0.3, 0.4) is 0 Å². The molecule has 0 saturated carbocycles. The maximum atomic E-state index is 12.0. The Labute approximate surface area is 113 Å². The Morgan fingerprint density at radius 1 is 1.59 bits per heavy atom. The summed E-state index contributed by atoms with van der Waals surface area (Å²) in [6.45, 7) is 3.56. The van der Waals surface area contributed by atoms with Gasteiger partial charge >= 0.3 is 5.97 Å². The molecule has 1 fully saturated rings. The van der Waals surface area contributed by atoms with E-state index in [0.717, 1.165) is 35.5 Å². The SMILES string of the molecule is COC(=O)C(c1sccc1Br)N1CCNCC1. The fourth-order valence-corrected chi connectivity index (χ4v) is 3.68. The number of ether oxygens (including phenoxy) is 1. The maximum absolute atomic E-state index is 12.0. The predicted molar refractivity (Wildman–Crippen MR) is 71.2 cm³/mol. The molecular formula is C11H15BrN2O2S. The van der Waals surface area contributed by atoms with Gasteiger partial charge in [0, 0.05) is 35.5 Å². The van der Waals surface area contributed by atoms with Crippen LogP contribution in [-0.2, 0) is 9.53 Å². The van der Waals surface area contributed by atoms with Gasteiger partial charge in [-0.05, 0) is 27.4 Å². The van der Waals surface area contributed by atoms with Gasteiger partial charge in [-0.15, -0.1) is 11.3 Å². The van der Waals surface area contributed by atoms with Crippen LogP contribution < -0.4 is 5.32 Å². The van der Waals surface area contributed by atoms with Crippen LogP contribution in [0.2, 0.25) is 0 Å². The topological polar surface area (TPSA) is 41.6 Å². The standard InChI is InChI=1S/C11H15BrN2O2S/c1-16-11(15)9(10-8(12)2-7-17-10)14-5-3-13-4-6-14/h2,7,9,13H,3-6H2,1H3. The van der Waals surface area contributed by atoms with E-state index in [0.29, 0.717) is 0 Å². The van der Waals surface area contributed by atoms with Gasteiger partial charge in [0.1, 0.15) is 6.04 Å². The van der Waals surface area contributed by atoms with Crippen LogP contribution in [0.15, 0.2) is 15.9 Å². The van der Waals surface area contributed by atoms with Crippen molar-refractivity contribution in [2.75, 3.05) is 33.3 Å². The zero-order chi connectivity index (χ0) is 12.3. The van der Waals surface area contributed by atoms with Gasteiger partial charge in [0.05, 0.1) is 7.11 Å². The molecule has 0 spiro atoms. The minimum absolute atomic E-state index is 0.185. The number of nitrogens with zero attached hydrogens (tertiary/aromatic N) is 1. The summed E-state index contributed by atoms with van der Waals surface area (Å²) in [5.74, 6) is -0.185. The highest BCUT2D eigenvalue weighted by molar-refractivity contribution is 9.10. The predicted octanol–water partition coefficient (Wildman–Crippen LogP) is 1.63. The number of nitrogens with one attached hydrogen (secondary N) is 1. The number of thiophene rings is 1. The highest BCUT2D eigenvalue weighted by Gasteiger charge is 2.31. The summed E-state index contributed by atoms with van der Waals surface area (Å²) in [4.78, 5) is 15.2. The van der Waals surface area contributed by atoms with E-state index in [9.17, 15) is 4.79 Å². The van der Waals surface area contributed by atoms with Gasteiger partial charge in [0.25, 0.3) is 0 Å². The number of methoxy groups -OCH3 is 1. The lowest BCUT2D eigenvalue weighted by Crippen LogP contribution is -2.47. The number of esters is 1. The molecule has 0 aliphatic carbocycles. The van der Waals surface area contributed by atoms with E-state index in [1.807, 2.05) is 11.4 Å². The number of hydrogen-bond donors (Lipinski definition) is 1. The summed E-state index contributed by atoms with van der Waals surface area (Å²) in [6, 6.07) is 1.69. The number of hydrogen-bond acceptors (Lipinski definition) is 5. The summed E-state index contributed by atoms with van der Waals surface area (Å²) in [7, 11) is 1.44. The van der Waals surface area contributed by atoms with Crippen LogP contribution in [0.1, 0.15) is 10.9 Å². The average molecular weight is 319 g/mol. The number of rotatable bonds is 3. The average Bonchev–Trinajstić information content (AvgIpc) is 2.77. The molecule has 1 atom stereocenters. The third-order valence-electron chi connectivity index (χ3n) is 2.83. The Morgan fingerprint density at radius 2 is 2.29 bits per heavy atom. The first-order valence-electron chi connectivity index (χ1n) is 5.49. The molecule has 2 heterocycles. The quantitative estimate of drug-likeness (QED) is 0.860. The Bertz CT molecular complexity index is 391. The Morgan fingerprint density at radius 3 is 2.82 bits per heavy atom. The van der Waals surface area contributed by atoms with Crippen LogP contribution in [0.4, 0.5) is 0 Å². The maximum Gasteiger partial charge on any atom is 0.328 e. The lowest BCUT2D eigenvalue weighted by atomic mass is 10.2. The zero-order valence-electron chi connectivity index (χ0n) is 9.61. The molecule has 17 heavy (non-hydrogen) atoms. The molecule has 1 aromatic rings. The van der Waals surface area contributed by atoms with Gasteiger partial charge in [-0.1, -0.05) is 0 Å². The van der Waals surface area contributed by atoms with Crippen molar-refractivity contribution in [1.82, 2.24) is 10.2 Å². The van der Waals surface area contributed by atoms with Gasteiger partial charge in [-0.2, -0.15) is 0 Å². The van der Waals surface area contributed by atoms with Crippen LogP contribution in [0, 0.1) is 0 Å². The molecule has 1 unspecified atom stereocenters. The van der Waals surface area contributed by atoms with E-state index in [2.05, 4.69) is 26.1 Å². The first kappa shape index (κ1) is 13.0. The van der Waals surface area contributed by atoms with Gasteiger partial charge < -0.3 is 10.1 Å². The van der Waals surface area contributed by atoms with E-state index in [1.165, 1.54) is 7.11 Å². The van der Waals surface area contributed by atoms with Crippen molar-refractivity contribution in [1.29, 1.82) is 0 Å². The largest absolute Gasteiger partial charge is 0.468 e. The fourth-order valence-electron chi connectivity index (χ4n) is 1.97. The van der Waals surface area contributed by atoms with Crippen LogP contribution in [-0.4, -0.2) is 44.2 Å². The van der Waals surface area contributed by atoms with Gasteiger partial charge in [0.2, 0.25) is 0 Å². The van der Waals surface area contributed by atoms with Crippen molar-refractivity contribution in [2.45, 2.75) is 6.04 Å². The van der Waals surface area contributed by atoms with E-state index >= 15 is 0 Å².